The van der Waals surface area contributed by atoms with Gasteiger partial charge < -0.3 is 9.80 Å². The predicted molar refractivity (Wildman–Crippen MR) is 124 cm³/mol. The first-order valence-corrected chi connectivity index (χ1v) is 10.8. The van der Waals surface area contributed by atoms with E-state index in [-0.39, 0.29) is 17.5 Å². The van der Waals surface area contributed by atoms with Gasteiger partial charge in [0.15, 0.2) is 0 Å². The third-order valence-corrected chi connectivity index (χ3v) is 5.96. The summed E-state index contributed by atoms with van der Waals surface area (Å²) in [6.45, 7) is 4.34. The van der Waals surface area contributed by atoms with Crippen LogP contribution in [0.1, 0.15) is 29.0 Å². The molecule has 164 valence electrons. The van der Waals surface area contributed by atoms with Crippen LogP contribution >= 0.6 is 0 Å². The van der Waals surface area contributed by atoms with Crippen molar-refractivity contribution in [2.24, 2.45) is 0 Å². The summed E-state index contributed by atoms with van der Waals surface area (Å²) in [5, 5.41) is 11.0. The van der Waals surface area contributed by atoms with Crippen LogP contribution < -0.4 is 4.90 Å². The Balaban J connectivity index is 1.43. The lowest BCUT2D eigenvalue weighted by atomic mass is 9.88. The fourth-order valence-corrected chi connectivity index (χ4v) is 4.25. The molecule has 0 radical (unpaired) electrons. The molecule has 0 bridgehead atoms. The van der Waals surface area contributed by atoms with E-state index in [2.05, 4.69) is 34.1 Å². The number of hydrogen-bond acceptors (Lipinski definition) is 5. The molecule has 0 saturated carbocycles. The van der Waals surface area contributed by atoms with Crippen LogP contribution in [0.3, 0.4) is 0 Å². The number of aromatic nitrogens is 1. The van der Waals surface area contributed by atoms with E-state index < -0.39 is 4.92 Å². The first kappa shape index (κ1) is 21.5. The Labute approximate surface area is 187 Å². The molecule has 4 rings (SSSR count). The fourth-order valence-electron chi connectivity index (χ4n) is 4.25. The van der Waals surface area contributed by atoms with Gasteiger partial charge in [0.25, 0.3) is 5.69 Å². The minimum absolute atomic E-state index is 0.00655. The molecule has 0 aliphatic carbocycles. The van der Waals surface area contributed by atoms with E-state index in [1.54, 1.807) is 6.07 Å². The molecule has 0 unspecified atom stereocenters. The molecule has 1 aromatic heterocycles. The lowest BCUT2D eigenvalue weighted by molar-refractivity contribution is -0.385. The average molecular weight is 431 g/mol. The number of piperazine rings is 1. The third-order valence-electron chi connectivity index (χ3n) is 5.96. The minimum Gasteiger partial charge on any atom is -0.353 e. The SMILES string of the molecule is Cc1cc([N+](=O)[O-])cnc1N1CCN(C(=O)CC(c2ccccc2)c2ccccc2)CC1. The third kappa shape index (κ3) is 4.77. The number of nitro groups is 1. The summed E-state index contributed by atoms with van der Waals surface area (Å²) in [5.74, 6) is 0.895. The van der Waals surface area contributed by atoms with Gasteiger partial charge in [0.05, 0.1) is 4.92 Å². The lowest BCUT2D eigenvalue weighted by Crippen LogP contribution is -2.49. The molecule has 7 heteroatoms. The van der Waals surface area contributed by atoms with Gasteiger partial charge in [-0.15, -0.1) is 0 Å². The molecule has 7 nitrogen and oxygen atoms in total. The molecular weight excluding hydrogens is 404 g/mol. The van der Waals surface area contributed by atoms with Gasteiger partial charge in [0, 0.05) is 44.6 Å². The molecule has 1 saturated heterocycles. The Hall–Kier alpha value is -3.74. The van der Waals surface area contributed by atoms with Crippen molar-refractivity contribution >= 4 is 17.4 Å². The number of pyridine rings is 1. The molecule has 0 spiro atoms. The minimum atomic E-state index is -0.434. The van der Waals surface area contributed by atoms with Crippen LogP contribution in [0.2, 0.25) is 0 Å². The van der Waals surface area contributed by atoms with Crippen LogP contribution in [0.15, 0.2) is 72.9 Å². The van der Waals surface area contributed by atoms with Crippen molar-refractivity contribution in [1.29, 1.82) is 0 Å². The molecular formula is C25H26N4O3. The highest BCUT2D eigenvalue weighted by atomic mass is 16.6. The van der Waals surface area contributed by atoms with E-state index in [9.17, 15) is 14.9 Å². The molecule has 2 heterocycles. The number of hydrogen-bond donors (Lipinski definition) is 0. The first-order chi connectivity index (χ1) is 15.5. The average Bonchev–Trinajstić information content (AvgIpc) is 2.83. The number of amides is 1. The molecule has 1 aliphatic rings. The Bertz CT molecular complexity index is 1040. The van der Waals surface area contributed by atoms with Crippen LogP contribution in [-0.4, -0.2) is 46.9 Å². The highest BCUT2D eigenvalue weighted by Gasteiger charge is 2.26. The number of benzene rings is 2. The second-order valence-corrected chi connectivity index (χ2v) is 8.04. The van der Waals surface area contributed by atoms with Gasteiger partial charge in [-0.2, -0.15) is 0 Å². The number of carbonyl (C=O) groups is 1. The Morgan fingerprint density at radius 3 is 2.06 bits per heavy atom. The monoisotopic (exact) mass is 430 g/mol. The smallest absolute Gasteiger partial charge is 0.287 e. The van der Waals surface area contributed by atoms with Crippen molar-refractivity contribution in [2.45, 2.75) is 19.3 Å². The second-order valence-electron chi connectivity index (χ2n) is 8.04. The Morgan fingerprint density at radius 1 is 1.00 bits per heavy atom. The standard InChI is InChI=1S/C25H26N4O3/c1-19-16-22(29(31)32)18-26-25(19)28-14-12-27(13-15-28)24(30)17-23(20-8-4-2-5-9-20)21-10-6-3-7-11-21/h2-11,16,18,23H,12-15,17H2,1H3. The Morgan fingerprint density at radius 2 is 1.56 bits per heavy atom. The van der Waals surface area contributed by atoms with Gasteiger partial charge in [-0.25, -0.2) is 4.98 Å². The summed E-state index contributed by atoms with van der Waals surface area (Å²) in [6.07, 6.45) is 1.72. The molecule has 3 aromatic rings. The summed E-state index contributed by atoms with van der Waals surface area (Å²) >= 11 is 0. The maximum Gasteiger partial charge on any atom is 0.287 e. The molecule has 1 fully saturated rings. The van der Waals surface area contributed by atoms with Crippen molar-refractivity contribution in [3.05, 3.63) is 99.7 Å². The topological polar surface area (TPSA) is 79.6 Å². The summed E-state index contributed by atoms with van der Waals surface area (Å²) < 4.78 is 0. The molecule has 1 aliphatic heterocycles. The van der Waals surface area contributed by atoms with Crippen LogP contribution in [0.5, 0.6) is 0 Å². The van der Waals surface area contributed by atoms with E-state index in [4.69, 9.17) is 0 Å². The molecule has 0 atom stereocenters. The number of nitrogens with zero attached hydrogens (tertiary/aromatic N) is 4. The van der Waals surface area contributed by atoms with E-state index >= 15 is 0 Å². The largest absolute Gasteiger partial charge is 0.353 e. The first-order valence-electron chi connectivity index (χ1n) is 10.8. The van der Waals surface area contributed by atoms with Gasteiger partial charge in [-0.1, -0.05) is 60.7 Å². The second kappa shape index (κ2) is 9.60. The van der Waals surface area contributed by atoms with E-state index in [1.165, 1.54) is 6.20 Å². The molecule has 0 N–H and O–H groups in total. The quantitative estimate of drug-likeness (QED) is 0.433. The van der Waals surface area contributed by atoms with Crippen molar-refractivity contribution < 1.29 is 9.72 Å². The zero-order chi connectivity index (χ0) is 22.5. The Kier molecular flexibility index (Phi) is 6.44. The van der Waals surface area contributed by atoms with Crippen molar-refractivity contribution in [1.82, 2.24) is 9.88 Å². The molecule has 2 aromatic carbocycles. The van der Waals surface area contributed by atoms with Gasteiger partial charge in [0.2, 0.25) is 5.91 Å². The van der Waals surface area contributed by atoms with Crippen LogP contribution in [-0.2, 0) is 4.79 Å². The highest BCUT2D eigenvalue weighted by Crippen LogP contribution is 2.29. The maximum atomic E-state index is 13.2. The van der Waals surface area contributed by atoms with Crippen molar-refractivity contribution in [3.63, 3.8) is 0 Å². The van der Waals surface area contributed by atoms with E-state index in [0.717, 1.165) is 22.5 Å². The van der Waals surface area contributed by atoms with Gasteiger partial charge in [0.1, 0.15) is 12.0 Å². The van der Waals surface area contributed by atoms with Crippen LogP contribution in [0.4, 0.5) is 11.5 Å². The zero-order valence-corrected chi connectivity index (χ0v) is 18.1. The highest BCUT2D eigenvalue weighted by molar-refractivity contribution is 5.78. The van der Waals surface area contributed by atoms with Crippen LogP contribution in [0.25, 0.3) is 0 Å². The predicted octanol–water partition coefficient (Wildman–Crippen LogP) is 4.17. The van der Waals surface area contributed by atoms with Crippen LogP contribution in [0, 0.1) is 17.0 Å². The van der Waals surface area contributed by atoms with Gasteiger partial charge in [-0.3, -0.25) is 14.9 Å². The zero-order valence-electron chi connectivity index (χ0n) is 18.1. The lowest BCUT2D eigenvalue weighted by Gasteiger charge is -2.36. The normalized spacial score (nSPS) is 13.9. The van der Waals surface area contributed by atoms with Crippen molar-refractivity contribution in [3.8, 4) is 0 Å². The fraction of sp³-hybridized carbons (Fsp3) is 0.280. The summed E-state index contributed by atoms with van der Waals surface area (Å²) in [4.78, 5) is 32.0. The summed E-state index contributed by atoms with van der Waals surface area (Å²) in [5.41, 5.74) is 3.04. The van der Waals surface area contributed by atoms with Gasteiger partial charge >= 0.3 is 0 Å². The number of rotatable bonds is 6. The summed E-state index contributed by atoms with van der Waals surface area (Å²) in [6, 6.07) is 21.9. The number of anilines is 1. The summed E-state index contributed by atoms with van der Waals surface area (Å²) in [7, 11) is 0. The van der Waals surface area contributed by atoms with E-state index in [1.807, 2.05) is 48.2 Å². The van der Waals surface area contributed by atoms with E-state index in [0.29, 0.717) is 32.6 Å². The number of carbonyl (C=O) groups excluding carboxylic acids is 1. The molecule has 32 heavy (non-hydrogen) atoms. The molecule has 1 amide bonds. The van der Waals surface area contributed by atoms with Gasteiger partial charge in [-0.05, 0) is 23.6 Å². The maximum absolute atomic E-state index is 13.2. The number of aryl methyl sites for hydroxylation is 1. The van der Waals surface area contributed by atoms with Crippen molar-refractivity contribution in [2.75, 3.05) is 31.1 Å².